The molecule has 0 saturated carbocycles. The number of thioether (sulfide) groups is 1. The highest BCUT2D eigenvalue weighted by Crippen LogP contribution is 2.22. The minimum Gasteiger partial charge on any atom is -0.397 e. The summed E-state index contributed by atoms with van der Waals surface area (Å²) in [7, 11) is 3.50. The van der Waals surface area contributed by atoms with Gasteiger partial charge in [0.25, 0.3) is 0 Å². The Morgan fingerprint density at radius 1 is 1.45 bits per heavy atom. The van der Waals surface area contributed by atoms with E-state index in [4.69, 9.17) is 5.73 Å². The van der Waals surface area contributed by atoms with E-state index in [1.807, 2.05) is 17.5 Å². The van der Waals surface area contributed by atoms with Crippen molar-refractivity contribution >= 4 is 34.7 Å². The van der Waals surface area contributed by atoms with Crippen LogP contribution in [0.1, 0.15) is 10.7 Å². The SMILES string of the molecule is CN(C)C(=O)Cc1nc(CSc2ccc(N)cn2)cs1. The van der Waals surface area contributed by atoms with Crippen molar-refractivity contribution in [3.05, 3.63) is 34.4 Å². The summed E-state index contributed by atoms with van der Waals surface area (Å²) in [5.41, 5.74) is 7.22. The molecule has 2 heterocycles. The number of amides is 1. The van der Waals surface area contributed by atoms with Crippen LogP contribution in [0.15, 0.2) is 28.7 Å². The zero-order chi connectivity index (χ0) is 14.5. The lowest BCUT2D eigenvalue weighted by molar-refractivity contribution is -0.127. The van der Waals surface area contributed by atoms with Crippen LogP contribution in [-0.2, 0) is 17.0 Å². The smallest absolute Gasteiger partial charge is 0.228 e. The van der Waals surface area contributed by atoms with Crippen LogP contribution < -0.4 is 5.73 Å². The Kier molecular flexibility index (Phi) is 4.97. The molecule has 0 aliphatic heterocycles. The van der Waals surface area contributed by atoms with E-state index in [0.29, 0.717) is 12.1 Å². The lowest BCUT2D eigenvalue weighted by atomic mass is 10.4. The van der Waals surface area contributed by atoms with Crippen molar-refractivity contribution in [1.82, 2.24) is 14.9 Å². The molecule has 7 heteroatoms. The number of likely N-dealkylation sites (N-methyl/N-ethyl adjacent to an activating group) is 1. The van der Waals surface area contributed by atoms with Crippen LogP contribution in [0.5, 0.6) is 0 Å². The molecule has 20 heavy (non-hydrogen) atoms. The Labute approximate surface area is 126 Å². The number of hydrogen-bond donors (Lipinski definition) is 1. The van der Waals surface area contributed by atoms with Crippen molar-refractivity contribution in [2.45, 2.75) is 17.2 Å². The highest BCUT2D eigenvalue weighted by molar-refractivity contribution is 7.98. The molecule has 0 atom stereocenters. The molecule has 0 spiro atoms. The first-order chi connectivity index (χ1) is 9.54. The van der Waals surface area contributed by atoms with E-state index in [-0.39, 0.29) is 5.91 Å². The van der Waals surface area contributed by atoms with Gasteiger partial charge in [-0.3, -0.25) is 4.79 Å². The molecule has 0 aliphatic carbocycles. The molecule has 0 fully saturated rings. The number of nitrogens with zero attached hydrogens (tertiary/aromatic N) is 3. The molecule has 106 valence electrons. The van der Waals surface area contributed by atoms with Crippen molar-refractivity contribution in [2.24, 2.45) is 0 Å². The van der Waals surface area contributed by atoms with Crippen molar-refractivity contribution in [2.75, 3.05) is 19.8 Å². The third kappa shape index (κ3) is 4.21. The molecule has 0 radical (unpaired) electrons. The van der Waals surface area contributed by atoms with Gasteiger partial charge in [0, 0.05) is 25.2 Å². The van der Waals surface area contributed by atoms with Crippen LogP contribution in [0.4, 0.5) is 5.69 Å². The molecule has 0 saturated heterocycles. The fourth-order valence-electron chi connectivity index (χ4n) is 1.41. The topological polar surface area (TPSA) is 72.1 Å². The Morgan fingerprint density at radius 2 is 2.25 bits per heavy atom. The number of pyridine rings is 1. The third-order valence-corrected chi connectivity index (χ3v) is 4.40. The predicted octanol–water partition coefficient (Wildman–Crippen LogP) is 2.04. The number of anilines is 1. The number of rotatable bonds is 5. The molecule has 0 bridgehead atoms. The van der Waals surface area contributed by atoms with Gasteiger partial charge in [-0.25, -0.2) is 9.97 Å². The first-order valence-electron chi connectivity index (χ1n) is 6.02. The molecule has 0 aliphatic rings. The van der Waals surface area contributed by atoms with Crippen LogP contribution in [0.25, 0.3) is 0 Å². The first-order valence-corrected chi connectivity index (χ1v) is 7.89. The number of hydrogen-bond acceptors (Lipinski definition) is 6. The number of nitrogen functional groups attached to an aromatic ring is 1. The molecular formula is C13H16N4OS2. The van der Waals surface area contributed by atoms with Crippen LogP contribution in [0, 0.1) is 0 Å². The summed E-state index contributed by atoms with van der Waals surface area (Å²) in [6.45, 7) is 0. The van der Waals surface area contributed by atoms with Gasteiger partial charge in [-0.05, 0) is 12.1 Å². The van der Waals surface area contributed by atoms with Crippen molar-refractivity contribution in [1.29, 1.82) is 0 Å². The fraction of sp³-hybridized carbons (Fsp3) is 0.308. The van der Waals surface area contributed by atoms with Gasteiger partial charge < -0.3 is 10.6 Å². The quantitative estimate of drug-likeness (QED) is 0.856. The maximum Gasteiger partial charge on any atom is 0.228 e. The average molecular weight is 308 g/mol. The number of thiazole rings is 1. The molecular weight excluding hydrogens is 292 g/mol. The molecule has 2 aromatic heterocycles. The Morgan fingerprint density at radius 3 is 2.90 bits per heavy atom. The number of nitrogens with two attached hydrogens (primary N) is 1. The van der Waals surface area contributed by atoms with Gasteiger partial charge in [0.1, 0.15) is 5.01 Å². The minimum atomic E-state index is 0.0683. The van der Waals surface area contributed by atoms with Crippen molar-refractivity contribution in [3.63, 3.8) is 0 Å². The lowest BCUT2D eigenvalue weighted by Gasteiger charge is -2.07. The van der Waals surface area contributed by atoms with E-state index in [0.717, 1.165) is 21.5 Å². The molecule has 0 aromatic carbocycles. The summed E-state index contributed by atoms with van der Waals surface area (Å²) < 4.78 is 0. The van der Waals surface area contributed by atoms with Gasteiger partial charge in [-0.2, -0.15) is 0 Å². The Bertz CT molecular complexity index is 580. The predicted molar refractivity (Wildman–Crippen MR) is 82.7 cm³/mol. The molecule has 0 unspecified atom stereocenters. The summed E-state index contributed by atoms with van der Waals surface area (Å²) in [6, 6.07) is 3.72. The van der Waals surface area contributed by atoms with Gasteiger partial charge >= 0.3 is 0 Å². The van der Waals surface area contributed by atoms with Crippen LogP contribution in [0.2, 0.25) is 0 Å². The van der Waals surface area contributed by atoms with Crippen LogP contribution >= 0.6 is 23.1 Å². The molecule has 2 rings (SSSR count). The summed E-state index contributed by atoms with van der Waals surface area (Å²) in [6.07, 6.45) is 2.01. The molecule has 2 N–H and O–H groups in total. The lowest BCUT2D eigenvalue weighted by Crippen LogP contribution is -2.23. The van der Waals surface area contributed by atoms with Gasteiger partial charge in [0.05, 0.1) is 29.0 Å². The van der Waals surface area contributed by atoms with E-state index in [9.17, 15) is 4.79 Å². The second kappa shape index (κ2) is 6.71. The second-order valence-electron chi connectivity index (χ2n) is 4.42. The standard InChI is InChI=1S/C13H16N4OS2/c1-17(2)13(18)5-12-16-10(8-20-12)7-19-11-4-3-9(14)6-15-11/h3-4,6,8H,5,7,14H2,1-2H3. The van der Waals surface area contributed by atoms with Crippen molar-refractivity contribution < 1.29 is 4.79 Å². The van der Waals surface area contributed by atoms with Gasteiger partial charge in [0.2, 0.25) is 5.91 Å². The highest BCUT2D eigenvalue weighted by Gasteiger charge is 2.09. The molecule has 1 amide bonds. The monoisotopic (exact) mass is 308 g/mol. The maximum atomic E-state index is 11.6. The fourth-order valence-corrected chi connectivity index (χ4v) is 3.03. The number of aromatic nitrogens is 2. The summed E-state index contributed by atoms with van der Waals surface area (Å²) in [5.74, 6) is 0.808. The Hall–Kier alpha value is -1.60. The van der Waals surface area contributed by atoms with E-state index in [2.05, 4.69) is 9.97 Å². The minimum absolute atomic E-state index is 0.0683. The Balaban J connectivity index is 1.89. The molecule has 2 aromatic rings. The van der Waals surface area contributed by atoms with E-state index in [1.54, 1.807) is 37.0 Å². The zero-order valence-electron chi connectivity index (χ0n) is 11.4. The first kappa shape index (κ1) is 14.8. The summed E-state index contributed by atoms with van der Waals surface area (Å²) in [4.78, 5) is 21.9. The van der Waals surface area contributed by atoms with Crippen molar-refractivity contribution in [3.8, 4) is 0 Å². The molecule has 5 nitrogen and oxygen atoms in total. The largest absolute Gasteiger partial charge is 0.397 e. The second-order valence-corrected chi connectivity index (χ2v) is 6.35. The van der Waals surface area contributed by atoms with Crippen LogP contribution in [0.3, 0.4) is 0 Å². The normalized spacial score (nSPS) is 10.5. The number of carbonyl (C=O) groups excluding carboxylic acids is 1. The van der Waals surface area contributed by atoms with Gasteiger partial charge in [-0.1, -0.05) is 0 Å². The summed E-state index contributed by atoms with van der Waals surface area (Å²) in [5, 5.41) is 3.76. The third-order valence-electron chi connectivity index (χ3n) is 2.53. The zero-order valence-corrected chi connectivity index (χ0v) is 13.0. The van der Waals surface area contributed by atoms with Gasteiger partial charge in [-0.15, -0.1) is 23.1 Å². The van der Waals surface area contributed by atoms with E-state index in [1.165, 1.54) is 11.3 Å². The van der Waals surface area contributed by atoms with E-state index >= 15 is 0 Å². The van der Waals surface area contributed by atoms with Crippen LogP contribution in [-0.4, -0.2) is 34.9 Å². The average Bonchev–Trinajstić information content (AvgIpc) is 2.85. The van der Waals surface area contributed by atoms with Gasteiger partial charge in [0.15, 0.2) is 0 Å². The summed E-state index contributed by atoms with van der Waals surface area (Å²) >= 11 is 3.12. The highest BCUT2D eigenvalue weighted by atomic mass is 32.2. The van der Waals surface area contributed by atoms with E-state index < -0.39 is 0 Å². The maximum absolute atomic E-state index is 11.6. The number of carbonyl (C=O) groups is 1.